The van der Waals surface area contributed by atoms with Gasteiger partial charge < -0.3 is 0 Å². The molecule has 0 bridgehead atoms. The van der Waals surface area contributed by atoms with E-state index in [0.717, 1.165) is 0 Å². The van der Waals surface area contributed by atoms with Crippen molar-refractivity contribution in [1.29, 1.82) is 0 Å². The van der Waals surface area contributed by atoms with Crippen LogP contribution in [0.1, 0.15) is 36.5 Å². The Labute approximate surface area is 69.3 Å². The summed E-state index contributed by atoms with van der Waals surface area (Å²) >= 11 is 0. The van der Waals surface area contributed by atoms with Crippen LogP contribution in [0.2, 0.25) is 0 Å². The molecule has 1 aromatic rings. The largest absolute Gasteiger partial charge is 0.0586 e. The van der Waals surface area contributed by atoms with Crippen molar-refractivity contribution < 1.29 is 0 Å². The Hall–Kier alpha value is -0.780. The normalized spacial score (nSPS) is 10.6. The van der Waals surface area contributed by atoms with Gasteiger partial charge in [-0.15, -0.1) is 0 Å². The molecule has 0 nitrogen and oxygen atoms in total. The summed E-state index contributed by atoms with van der Waals surface area (Å²) < 4.78 is 0. The van der Waals surface area contributed by atoms with Gasteiger partial charge in [-0.2, -0.15) is 0 Å². The highest BCUT2D eigenvalue weighted by Gasteiger charge is 2.02. The molecule has 0 aliphatic heterocycles. The van der Waals surface area contributed by atoms with Crippen LogP contribution in [0.15, 0.2) is 6.07 Å². The lowest BCUT2D eigenvalue weighted by molar-refractivity contribution is 0.853. The number of benzene rings is 1. The lowest BCUT2D eigenvalue weighted by Crippen LogP contribution is -1.92. The van der Waals surface area contributed by atoms with Crippen molar-refractivity contribution in [2.75, 3.05) is 0 Å². The number of hydrogen-bond acceptors (Lipinski definition) is 0. The fraction of sp³-hybridized carbons (Fsp3) is 0.455. The first-order valence-corrected chi connectivity index (χ1v) is 4.02. The Kier molecular flexibility index (Phi) is 2.33. The average molecular weight is 146 g/mol. The fourth-order valence-corrected chi connectivity index (χ4v) is 1.29. The highest BCUT2D eigenvalue weighted by Crippen LogP contribution is 2.18. The second-order valence-corrected chi connectivity index (χ2v) is 3.29. The molecule has 0 spiro atoms. The van der Waals surface area contributed by atoms with E-state index in [0.29, 0.717) is 5.92 Å². The second kappa shape index (κ2) is 3.08. The number of rotatable bonds is 1. The van der Waals surface area contributed by atoms with Gasteiger partial charge in [0, 0.05) is 0 Å². The molecule has 1 rings (SSSR count). The van der Waals surface area contributed by atoms with Crippen LogP contribution in [0.25, 0.3) is 0 Å². The molecule has 0 saturated heterocycles. The van der Waals surface area contributed by atoms with Crippen LogP contribution < -0.4 is 0 Å². The Morgan fingerprint density at radius 2 is 1.91 bits per heavy atom. The van der Waals surface area contributed by atoms with Crippen LogP contribution in [0.4, 0.5) is 0 Å². The van der Waals surface area contributed by atoms with E-state index in [2.05, 4.69) is 32.9 Å². The molecule has 0 saturated carbocycles. The molecule has 0 aliphatic carbocycles. The highest BCUT2D eigenvalue weighted by molar-refractivity contribution is 5.29. The summed E-state index contributed by atoms with van der Waals surface area (Å²) in [5.74, 6) is 0.562. The van der Waals surface area contributed by atoms with Gasteiger partial charge in [-0.1, -0.05) is 19.9 Å². The highest BCUT2D eigenvalue weighted by atomic mass is 14.1. The fourth-order valence-electron chi connectivity index (χ4n) is 1.29. The maximum absolute atomic E-state index is 3.29. The van der Waals surface area contributed by atoms with E-state index in [9.17, 15) is 0 Å². The van der Waals surface area contributed by atoms with Crippen molar-refractivity contribution >= 4 is 0 Å². The van der Waals surface area contributed by atoms with E-state index in [1.807, 2.05) is 13.0 Å². The van der Waals surface area contributed by atoms with Crippen molar-refractivity contribution in [3.05, 3.63) is 34.9 Å². The zero-order valence-corrected chi connectivity index (χ0v) is 7.65. The monoisotopic (exact) mass is 146 g/mol. The summed E-state index contributed by atoms with van der Waals surface area (Å²) in [6.07, 6.45) is 0. The molecule has 0 heteroatoms. The molecule has 0 amide bonds. The maximum Gasteiger partial charge on any atom is -0.0117 e. The predicted octanol–water partition coefficient (Wildman–Crippen LogP) is 3.03. The smallest absolute Gasteiger partial charge is 0.0117 e. The van der Waals surface area contributed by atoms with Gasteiger partial charge >= 0.3 is 0 Å². The Morgan fingerprint density at radius 3 is 2.36 bits per heavy atom. The third-order valence-electron chi connectivity index (χ3n) is 1.81. The van der Waals surface area contributed by atoms with E-state index >= 15 is 0 Å². The first-order valence-electron chi connectivity index (χ1n) is 4.02. The summed E-state index contributed by atoms with van der Waals surface area (Å²) in [6.45, 7) is 8.51. The van der Waals surface area contributed by atoms with Gasteiger partial charge in [0.2, 0.25) is 0 Å². The zero-order chi connectivity index (χ0) is 8.43. The van der Waals surface area contributed by atoms with Gasteiger partial charge in [0.05, 0.1) is 0 Å². The molecule has 11 heavy (non-hydrogen) atoms. The Morgan fingerprint density at radius 1 is 1.27 bits per heavy atom. The average Bonchev–Trinajstić information content (AvgIpc) is 1.85. The molecule has 0 heterocycles. The zero-order valence-electron chi connectivity index (χ0n) is 7.65. The van der Waals surface area contributed by atoms with Crippen LogP contribution in [-0.2, 0) is 0 Å². The molecule has 0 aliphatic rings. The number of hydrogen-bond donors (Lipinski definition) is 0. The van der Waals surface area contributed by atoms with Gasteiger partial charge in [-0.05, 0) is 48.6 Å². The molecule has 58 valence electrons. The van der Waals surface area contributed by atoms with E-state index in [1.165, 1.54) is 16.7 Å². The summed E-state index contributed by atoms with van der Waals surface area (Å²) in [7, 11) is 0. The van der Waals surface area contributed by atoms with Crippen LogP contribution in [0, 0.1) is 26.0 Å². The van der Waals surface area contributed by atoms with Crippen LogP contribution in [-0.4, -0.2) is 0 Å². The topological polar surface area (TPSA) is 0 Å². The van der Waals surface area contributed by atoms with Crippen molar-refractivity contribution in [3.8, 4) is 0 Å². The van der Waals surface area contributed by atoms with Gasteiger partial charge in [-0.25, -0.2) is 0 Å². The van der Waals surface area contributed by atoms with Gasteiger partial charge in [0.15, 0.2) is 0 Å². The third-order valence-corrected chi connectivity index (χ3v) is 1.81. The van der Waals surface area contributed by atoms with Crippen molar-refractivity contribution in [2.45, 2.75) is 33.6 Å². The minimum Gasteiger partial charge on any atom is -0.0586 e. The Bertz CT molecular complexity index is 246. The molecule has 1 aromatic carbocycles. The SMILES string of the molecule is Cc1[c]c(C)c(C(C)C)[c]c1. The maximum atomic E-state index is 3.29. The lowest BCUT2D eigenvalue weighted by Gasteiger charge is -2.08. The molecule has 0 unspecified atom stereocenters. The molecule has 0 aromatic heterocycles. The standard InChI is InChI=1S/C11H14/c1-8(2)11-6-5-9(3)7-10(11)4/h5,8H,1-4H3. The van der Waals surface area contributed by atoms with Crippen LogP contribution >= 0.6 is 0 Å². The molecule has 0 atom stereocenters. The third kappa shape index (κ3) is 1.83. The van der Waals surface area contributed by atoms with Crippen molar-refractivity contribution in [2.24, 2.45) is 0 Å². The van der Waals surface area contributed by atoms with Crippen LogP contribution in [0.3, 0.4) is 0 Å². The van der Waals surface area contributed by atoms with Crippen LogP contribution in [0.5, 0.6) is 0 Å². The lowest BCUT2D eigenvalue weighted by atomic mass is 9.97. The molecule has 2 radical (unpaired) electrons. The van der Waals surface area contributed by atoms with E-state index < -0.39 is 0 Å². The van der Waals surface area contributed by atoms with Crippen molar-refractivity contribution in [3.63, 3.8) is 0 Å². The Balaban J connectivity index is 3.09. The molecule has 0 N–H and O–H groups in total. The van der Waals surface area contributed by atoms with Gasteiger partial charge in [0.1, 0.15) is 0 Å². The second-order valence-electron chi connectivity index (χ2n) is 3.29. The summed E-state index contributed by atoms with van der Waals surface area (Å²) in [4.78, 5) is 0. The van der Waals surface area contributed by atoms with Crippen molar-refractivity contribution in [1.82, 2.24) is 0 Å². The quantitative estimate of drug-likeness (QED) is 0.571. The summed E-state index contributed by atoms with van der Waals surface area (Å²) in [5, 5.41) is 0. The first-order chi connectivity index (χ1) is 5.11. The summed E-state index contributed by atoms with van der Waals surface area (Å²) in [5.41, 5.74) is 3.70. The summed E-state index contributed by atoms with van der Waals surface area (Å²) in [6, 6.07) is 8.56. The minimum absolute atomic E-state index is 0.562. The minimum atomic E-state index is 0.562. The molecular formula is C11H14. The first kappa shape index (κ1) is 8.32. The van der Waals surface area contributed by atoms with E-state index in [1.54, 1.807) is 0 Å². The molecular weight excluding hydrogens is 132 g/mol. The predicted molar refractivity (Wildman–Crippen MR) is 47.7 cm³/mol. The molecule has 0 fully saturated rings. The van der Waals surface area contributed by atoms with E-state index in [4.69, 9.17) is 0 Å². The van der Waals surface area contributed by atoms with Gasteiger partial charge in [0.25, 0.3) is 0 Å². The number of aryl methyl sites for hydroxylation is 2. The van der Waals surface area contributed by atoms with E-state index in [-0.39, 0.29) is 0 Å². The van der Waals surface area contributed by atoms with Gasteiger partial charge in [-0.3, -0.25) is 0 Å².